The van der Waals surface area contributed by atoms with Gasteiger partial charge in [-0.2, -0.15) is 0 Å². The largest absolute Gasteiger partial charge is 0.378 e. The Kier molecular flexibility index (Phi) is 6.57. The number of carbonyl (C=O) groups is 3. The number of rotatable bonds is 5. The average Bonchev–Trinajstić information content (AvgIpc) is 3.04. The molecule has 166 valence electrons. The van der Waals surface area contributed by atoms with Crippen molar-refractivity contribution in [2.24, 2.45) is 0 Å². The van der Waals surface area contributed by atoms with Gasteiger partial charge in [-0.25, -0.2) is 9.69 Å². The first-order valence-corrected chi connectivity index (χ1v) is 11.0. The summed E-state index contributed by atoms with van der Waals surface area (Å²) in [6.45, 7) is 4.68. The molecule has 0 bridgehead atoms. The lowest BCUT2D eigenvalue weighted by molar-refractivity contribution is -0.127. The van der Waals surface area contributed by atoms with Gasteiger partial charge in [0.2, 0.25) is 5.91 Å². The molecule has 32 heavy (non-hydrogen) atoms. The lowest BCUT2D eigenvalue weighted by atomic mass is 10.1. The van der Waals surface area contributed by atoms with Crippen molar-refractivity contribution in [3.05, 3.63) is 63.8 Å². The van der Waals surface area contributed by atoms with Crippen molar-refractivity contribution in [1.29, 1.82) is 0 Å². The molecule has 0 unspecified atom stereocenters. The summed E-state index contributed by atoms with van der Waals surface area (Å²) in [6, 6.07) is 12.4. The minimum atomic E-state index is -0.616. The highest BCUT2D eigenvalue weighted by atomic mass is 79.9. The molecular weight excluding hydrogens is 476 g/mol. The normalized spacial score (nSPS) is 17.6. The molecule has 2 fully saturated rings. The second-order valence-electron chi connectivity index (χ2n) is 7.57. The monoisotopic (exact) mass is 498 g/mol. The Morgan fingerprint density at radius 2 is 1.88 bits per heavy atom. The number of aryl methyl sites for hydroxylation is 1. The van der Waals surface area contributed by atoms with Crippen LogP contribution in [0.2, 0.25) is 0 Å². The van der Waals surface area contributed by atoms with Crippen LogP contribution in [0.25, 0.3) is 6.08 Å². The summed E-state index contributed by atoms with van der Waals surface area (Å²) in [6.07, 6.45) is 1.64. The Morgan fingerprint density at radius 1 is 1.16 bits per heavy atom. The average molecular weight is 499 g/mol. The summed E-state index contributed by atoms with van der Waals surface area (Å²) in [5.74, 6) is -0.985. The van der Waals surface area contributed by atoms with Crippen molar-refractivity contribution in [1.82, 2.24) is 10.2 Å². The highest BCUT2D eigenvalue weighted by molar-refractivity contribution is 9.10. The molecule has 8 nitrogen and oxygen atoms in total. The van der Waals surface area contributed by atoms with Crippen molar-refractivity contribution in [2.75, 3.05) is 43.1 Å². The number of amides is 4. The Labute approximate surface area is 194 Å². The Bertz CT molecular complexity index is 1080. The second kappa shape index (κ2) is 9.54. The number of carbonyl (C=O) groups excluding carboxylic acids is 3. The number of morpholine rings is 1. The van der Waals surface area contributed by atoms with Crippen molar-refractivity contribution in [3.63, 3.8) is 0 Å². The standard InChI is InChI=1S/C23H23BrN4O4/c1-15-12-19(27-8-10-32-11-9-27)7-2-16(15)13-20-22(30)28(23(31)26-20)14-21(29)25-18-5-3-17(24)4-6-18/h2-7,12-13H,8-11,14H2,1H3,(H,25,29)(H,26,31)/b20-13-. The molecule has 0 aliphatic carbocycles. The van der Waals surface area contributed by atoms with Crippen LogP contribution in [0.4, 0.5) is 16.2 Å². The number of nitrogens with one attached hydrogen (secondary N) is 2. The van der Waals surface area contributed by atoms with Gasteiger partial charge in [0, 0.05) is 28.9 Å². The van der Waals surface area contributed by atoms with E-state index in [4.69, 9.17) is 4.74 Å². The predicted molar refractivity (Wildman–Crippen MR) is 125 cm³/mol. The van der Waals surface area contributed by atoms with E-state index in [9.17, 15) is 14.4 Å². The summed E-state index contributed by atoms with van der Waals surface area (Å²) in [5.41, 5.74) is 3.63. The third-order valence-corrected chi connectivity index (χ3v) is 5.85. The van der Waals surface area contributed by atoms with Gasteiger partial charge in [0.25, 0.3) is 5.91 Å². The lowest BCUT2D eigenvalue weighted by Gasteiger charge is -2.29. The molecule has 2 heterocycles. The number of imide groups is 1. The number of nitrogens with zero attached hydrogens (tertiary/aromatic N) is 2. The van der Waals surface area contributed by atoms with E-state index in [0.29, 0.717) is 18.9 Å². The molecule has 2 aliphatic heterocycles. The topological polar surface area (TPSA) is 91.0 Å². The smallest absolute Gasteiger partial charge is 0.329 e. The van der Waals surface area contributed by atoms with E-state index in [2.05, 4.69) is 37.5 Å². The third-order valence-electron chi connectivity index (χ3n) is 5.32. The van der Waals surface area contributed by atoms with E-state index in [0.717, 1.165) is 39.3 Å². The minimum Gasteiger partial charge on any atom is -0.378 e. The molecule has 0 atom stereocenters. The van der Waals surface area contributed by atoms with Crippen molar-refractivity contribution < 1.29 is 19.1 Å². The van der Waals surface area contributed by atoms with Gasteiger partial charge in [0.1, 0.15) is 12.2 Å². The first-order chi connectivity index (χ1) is 15.4. The number of anilines is 2. The first kappa shape index (κ1) is 22.0. The first-order valence-electron chi connectivity index (χ1n) is 10.2. The number of benzene rings is 2. The molecule has 2 saturated heterocycles. The number of urea groups is 1. The molecule has 0 saturated carbocycles. The maximum atomic E-state index is 12.7. The van der Waals surface area contributed by atoms with Gasteiger partial charge >= 0.3 is 6.03 Å². The molecule has 2 aromatic rings. The summed E-state index contributed by atoms with van der Waals surface area (Å²) in [7, 11) is 0. The quantitative estimate of drug-likeness (QED) is 0.488. The SMILES string of the molecule is Cc1cc(N2CCOCC2)ccc1/C=C1\NC(=O)N(CC(=O)Nc2ccc(Br)cc2)C1=O. The van der Waals surface area contributed by atoms with Crippen LogP contribution in [-0.2, 0) is 14.3 Å². The zero-order valence-electron chi connectivity index (χ0n) is 17.6. The van der Waals surface area contributed by atoms with E-state index in [-0.39, 0.29) is 12.2 Å². The van der Waals surface area contributed by atoms with Gasteiger partial charge in [0.05, 0.1) is 13.2 Å². The van der Waals surface area contributed by atoms with Gasteiger partial charge in [-0.15, -0.1) is 0 Å². The van der Waals surface area contributed by atoms with Crippen LogP contribution in [0, 0.1) is 6.92 Å². The fourth-order valence-electron chi connectivity index (χ4n) is 3.59. The molecule has 4 rings (SSSR count). The fourth-order valence-corrected chi connectivity index (χ4v) is 3.85. The van der Waals surface area contributed by atoms with Crippen LogP contribution in [0.15, 0.2) is 52.6 Å². The van der Waals surface area contributed by atoms with Crippen LogP contribution in [0.1, 0.15) is 11.1 Å². The number of hydrogen-bond donors (Lipinski definition) is 2. The number of ether oxygens (including phenoxy) is 1. The van der Waals surface area contributed by atoms with Crippen LogP contribution in [0.5, 0.6) is 0 Å². The van der Waals surface area contributed by atoms with Crippen molar-refractivity contribution in [2.45, 2.75) is 6.92 Å². The third kappa shape index (κ3) is 5.00. The Morgan fingerprint density at radius 3 is 2.56 bits per heavy atom. The van der Waals surface area contributed by atoms with Gasteiger partial charge in [-0.3, -0.25) is 9.59 Å². The predicted octanol–water partition coefficient (Wildman–Crippen LogP) is 3.13. The molecule has 2 aromatic carbocycles. The van der Waals surface area contributed by atoms with Gasteiger partial charge in [-0.1, -0.05) is 22.0 Å². The molecule has 0 spiro atoms. The highest BCUT2D eigenvalue weighted by Crippen LogP contribution is 2.23. The maximum Gasteiger partial charge on any atom is 0.329 e. The van der Waals surface area contributed by atoms with E-state index in [1.165, 1.54) is 0 Å². The minimum absolute atomic E-state index is 0.147. The maximum absolute atomic E-state index is 12.7. The molecule has 0 aromatic heterocycles. The van der Waals surface area contributed by atoms with E-state index >= 15 is 0 Å². The zero-order chi connectivity index (χ0) is 22.7. The summed E-state index contributed by atoms with van der Waals surface area (Å²) in [4.78, 5) is 40.5. The molecule has 0 radical (unpaired) electrons. The van der Waals surface area contributed by atoms with Crippen LogP contribution in [0.3, 0.4) is 0 Å². The Balaban J connectivity index is 1.43. The fraction of sp³-hybridized carbons (Fsp3) is 0.261. The molecule has 2 N–H and O–H groups in total. The number of hydrogen-bond acceptors (Lipinski definition) is 5. The van der Waals surface area contributed by atoms with Crippen molar-refractivity contribution >= 4 is 51.2 Å². The van der Waals surface area contributed by atoms with Crippen LogP contribution in [-0.4, -0.2) is 55.6 Å². The highest BCUT2D eigenvalue weighted by Gasteiger charge is 2.35. The van der Waals surface area contributed by atoms with E-state index in [1.54, 1.807) is 30.3 Å². The van der Waals surface area contributed by atoms with Gasteiger partial charge < -0.3 is 20.3 Å². The van der Waals surface area contributed by atoms with E-state index < -0.39 is 17.8 Å². The van der Waals surface area contributed by atoms with Gasteiger partial charge in [0.15, 0.2) is 0 Å². The Hall–Kier alpha value is -3.17. The number of halogens is 1. The molecule has 4 amide bonds. The van der Waals surface area contributed by atoms with Crippen LogP contribution < -0.4 is 15.5 Å². The molecular formula is C23H23BrN4O4. The molecule has 9 heteroatoms. The summed E-state index contributed by atoms with van der Waals surface area (Å²) < 4.78 is 6.28. The van der Waals surface area contributed by atoms with Crippen molar-refractivity contribution in [3.8, 4) is 0 Å². The lowest BCUT2D eigenvalue weighted by Crippen LogP contribution is -2.38. The summed E-state index contributed by atoms with van der Waals surface area (Å²) in [5, 5.41) is 5.25. The molecule has 2 aliphatic rings. The van der Waals surface area contributed by atoms with E-state index in [1.807, 2.05) is 19.1 Å². The summed E-state index contributed by atoms with van der Waals surface area (Å²) >= 11 is 3.33. The van der Waals surface area contributed by atoms with Crippen LogP contribution >= 0.6 is 15.9 Å². The second-order valence-corrected chi connectivity index (χ2v) is 8.49. The van der Waals surface area contributed by atoms with Gasteiger partial charge in [-0.05, 0) is 60.5 Å². The zero-order valence-corrected chi connectivity index (χ0v) is 19.1.